The summed E-state index contributed by atoms with van der Waals surface area (Å²) in [6, 6.07) is 10.2. The average Bonchev–Trinajstić information content (AvgIpc) is 2.98. The van der Waals surface area contributed by atoms with Gasteiger partial charge >= 0.3 is 0 Å². The first kappa shape index (κ1) is 7.80. The molecule has 0 saturated heterocycles. The monoisotopic (exact) mass is 184 g/mol. The summed E-state index contributed by atoms with van der Waals surface area (Å²) in [5.74, 6) is 0.785. The highest BCUT2D eigenvalue weighted by atomic mass is 15.3. The maximum atomic E-state index is 4.36. The minimum absolute atomic E-state index is 0.785. The Morgan fingerprint density at radius 1 is 1.14 bits per heavy atom. The fraction of sp³-hybridized carbons (Fsp3) is 0.250. The van der Waals surface area contributed by atoms with Gasteiger partial charge in [0.15, 0.2) is 0 Å². The number of nitrogens with zero attached hydrogens (tertiary/aromatic N) is 2. The summed E-state index contributed by atoms with van der Waals surface area (Å²) in [6.45, 7) is 0. The van der Waals surface area contributed by atoms with Crippen LogP contribution >= 0.6 is 0 Å². The quantitative estimate of drug-likeness (QED) is 0.701. The van der Waals surface area contributed by atoms with Gasteiger partial charge in [0.2, 0.25) is 0 Å². The molecule has 70 valence electrons. The lowest BCUT2D eigenvalue weighted by atomic mass is 10.2. The number of aromatic nitrogens is 2. The SMILES string of the molecule is c1ccc(-n2cc(C3CC3)cn2)cc1. The van der Waals surface area contributed by atoms with Crippen LogP contribution in [0.4, 0.5) is 0 Å². The summed E-state index contributed by atoms with van der Waals surface area (Å²) in [6.07, 6.45) is 6.80. The molecule has 1 aliphatic rings. The molecule has 3 rings (SSSR count). The van der Waals surface area contributed by atoms with Gasteiger partial charge in [-0.3, -0.25) is 0 Å². The summed E-state index contributed by atoms with van der Waals surface area (Å²) < 4.78 is 1.95. The van der Waals surface area contributed by atoms with Crippen LogP contribution in [0.5, 0.6) is 0 Å². The molecule has 1 aliphatic carbocycles. The van der Waals surface area contributed by atoms with Crippen LogP contribution in [0.25, 0.3) is 5.69 Å². The van der Waals surface area contributed by atoms with Crippen molar-refractivity contribution >= 4 is 0 Å². The second-order valence-electron chi connectivity index (χ2n) is 3.83. The molecule has 0 N–H and O–H groups in total. The van der Waals surface area contributed by atoms with Crippen LogP contribution in [0.1, 0.15) is 24.3 Å². The smallest absolute Gasteiger partial charge is 0.0645 e. The van der Waals surface area contributed by atoms with E-state index in [1.165, 1.54) is 18.4 Å². The third-order valence-electron chi connectivity index (χ3n) is 2.67. The maximum absolute atomic E-state index is 4.36. The van der Waals surface area contributed by atoms with Crippen molar-refractivity contribution < 1.29 is 0 Å². The number of benzene rings is 1. The highest BCUT2D eigenvalue weighted by molar-refractivity contribution is 5.32. The first-order chi connectivity index (χ1) is 6.93. The highest BCUT2D eigenvalue weighted by Gasteiger charge is 2.24. The molecule has 0 amide bonds. The zero-order valence-electron chi connectivity index (χ0n) is 7.93. The Kier molecular flexibility index (Phi) is 1.66. The normalized spacial score (nSPS) is 15.7. The van der Waals surface area contributed by atoms with Gasteiger partial charge in [0, 0.05) is 6.20 Å². The maximum Gasteiger partial charge on any atom is 0.0645 e. The van der Waals surface area contributed by atoms with E-state index in [2.05, 4.69) is 23.4 Å². The fourth-order valence-corrected chi connectivity index (χ4v) is 1.69. The molecule has 0 aliphatic heterocycles. The molecule has 1 saturated carbocycles. The molecular formula is C12H12N2. The lowest BCUT2D eigenvalue weighted by molar-refractivity contribution is 0.880. The van der Waals surface area contributed by atoms with E-state index >= 15 is 0 Å². The van der Waals surface area contributed by atoms with E-state index in [1.54, 1.807) is 0 Å². The zero-order chi connectivity index (χ0) is 9.38. The molecule has 1 fully saturated rings. The lowest BCUT2D eigenvalue weighted by Gasteiger charge is -1.98. The molecule has 1 aromatic heterocycles. The molecule has 2 heteroatoms. The van der Waals surface area contributed by atoms with Crippen LogP contribution in [0.3, 0.4) is 0 Å². The van der Waals surface area contributed by atoms with Crippen molar-refractivity contribution in [1.29, 1.82) is 0 Å². The van der Waals surface area contributed by atoms with Crippen molar-refractivity contribution in [3.05, 3.63) is 48.3 Å². The van der Waals surface area contributed by atoms with Crippen LogP contribution in [0.15, 0.2) is 42.7 Å². The molecular weight excluding hydrogens is 172 g/mol. The van der Waals surface area contributed by atoms with E-state index in [0.717, 1.165) is 11.6 Å². The molecule has 0 unspecified atom stereocenters. The van der Waals surface area contributed by atoms with Crippen LogP contribution in [0, 0.1) is 0 Å². The predicted molar refractivity (Wildman–Crippen MR) is 55.5 cm³/mol. The first-order valence-corrected chi connectivity index (χ1v) is 5.03. The standard InChI is InChI=1S/C12H12N2/c1-2-4-12(5-3-1)14-9-11(8-13-14)10-6-7-10/h1-5,8-10H,6-7H2. The van der Waals surface area contributed by atoms with Gasteiger partial charge in [-0.2, -0.15) is 5.10 Å². The Morgan fingerprint density at radius 2 is 1.93 bits per heavy atom. The van der Waals surface area contributed by atoms with Crippen molar-refractivity contribution in [1.82, 2.24) is 9.78 Å². The van der Waals surface area contributed by atoms with Gasteiger partial charge in [-0.25, -0.2) is 4.68 Å². The van der Waals surface area contributed by atoms with Gasteiger partial charge in [-0.15, -0.1) is 0 Å². The van der Waals surface area contributed by atoms with Crippen molar-refractivity contribution in [2.24, 2.45) is 0 Å². The van der Waals surface area contributed by atoms with Gasteiger partial charge < -0.3 is 0 Å². The number of hydrogen-bond donors (Lipinski definition) is 0. The van der Waals surface area contributed by atoms with E-state index in [0.29, 0.717) is 0 Å². The number of hydrogen-bond acceptors (Lipinski definition) is 1. The van der Waals surface area contributed by atoms with Crippen molar-refractivity contribution in [2.45, 2.75) is 18.8 Å². The van der Waals surface area contributed by atoms with Crippen LogP contribution in [-0.4, -0.2) is 9.78 Å². The molecule has 2 aromatic rings. The molecule has 1 heterocycles. The lowest BCUT2D eigenvalue weighted by Crippen LogP contribution is -1.92. The van der Waals surface area contributed by atoms with Gasteiger partial charge in [0.05, 0.1) is 11.9 Å². The second kappa shape index (κ2) is 2.98. The molecule has 1 aromatic carbocycles. The first-order valence-electron chi connectivity index (χ1n) is 5.03. The summed E-state index contributed by atoms with van der Waals surface area (Å²) in [5.41, 5.74) is 2.52. The largest absolute Gasteiger partial charge is 0.241 e. The average molecular weight is 184 g/mol. The minimum Gasteiger partial charge on any atom is -0.241 e. The van der Waals surface area contributed by atoms with Crippen molar-refractivity contribution in [3.8, 4) is 5.69 Å². The third-order valence-corrected chi connectivity index (χ3v) is 2.67. The van der Waals surface area contributed by atoms with E-state index in [1.807, 2.05) is 29.1 Å². The van der Waals surface area contributed by atoms with Crippen LogP contribution < -0.4 is 0 Å². The number of rotatable bonds is 2. The van der Waals surface area contributed by atoms with Gasteiger partial charge in [0.1, 0.15) is 0 Å². The second-order valence-corrected chi connectivity index (χ2v) is 3.83. The molecule has 2 nitrogen and oxygen atoms in total. The predicted octanol–water partition coefficient (Wildman–Crippen LogP) is 2.75. The Bertz CT molecular complexity index is 427. The van der Waals surface area contributed by atoms with E-state index < -0.39 is 0 Å². The summed E-state index contributed by atoms with van der Waals surface area (Å²) in [5, 5.41) is 4.36. The molecule has 0 atom stereocenters. The highest BCUT2D eigenvalue weighted by Crippen LogP contribution is 2.39. The Labute approximate surface area is 83.2 Å². The Hall–Kier alpha value is -1.57. The fourth-order valence-electron chi connectivity index (χ4n) is 1.69. The van der Waals surface area contributed by atoms with Crippen LogP contribution in [-0.2, 0) is 0 Å². The summed E-state index contributed by atoms with van der Waals surface area (Å²) in [7, 11) is 0. The third kappa shape index (κ3) is 1.33. The van der Waals surface area contributed by atoms with E-state index in [-0.39, 0.29) is 0 Å². The van der Waals surface area contributed by atoms with E-state index in [4.69, 9.17) is 0 Å². The summed E-state index contributed by atoms with van der Waals surface area (Å²) >= 11 is 0. The molecule has 0 bridgehead atoms. The van der Waals surface area contributed by atoms with Crippen molar-refractivity contribution in [3.63, 3.8) is 0 Å². The Balaban J connectivity index is 1.96. The minimum atomic E-state index is 0.785. The Morgan fingerprint density at radius 3 is 2.64 bits per heavy atom. The van der Waals surface area contributed by atoms with Crippen LogP contribution in [0.2, 0.25) is 0 Å². The van der Waals surface area contributed by atoms with E-state index in [9.17, 15) is 0 Å². The number of para-hydroxylation sites is 1. The molecule has 14 heavy (non-hydrogen) atoms. The van der Waals surface area contributed by atoms with Gasteiger partial charge in [-0.05, 0) is 36.5 Å². The zero-order valence-corrected chi connectivity index (χ0v) is 7.93. The topological polar surface area (TPSA) is 17.8 Å². The van der Waals surface area contributed by atoms with Gasteiger partial charge in [-0.1, -0.05) is 18.2 Å². The van der Waals surface area contributed by atoms with Crippen molar-refractivity contribution in [2.75, 3.05) is 0 Å². The summed E-state index contributed by atoms with van der Waals surface area (Å²) in [4.78, 5) is 0. The van der Waals surface area contributed by atoms with Gasteiger partial charge in [0.25, 0.3) is 0 Å². The molecule has 0 spiro atoms. The molecule has 0 radical (unpaired) electrons.